The Kier molecular flexibility index (Phi) is 16.6. The molecule has 14 atom stereocenters. The summed E-state index contributed by atoms with van der Waals surface area (Å²) in [5.41, 5.74) is 0.596. The second-order valence-corrected chi connectivity index (χ2v) is 19.1. The molecular weight excluding hydrogens is 854 g/mol. The molecule has 0 aliphatic carbocycles. The van der Waals surface area contributed by atoms with Crippen LogP contribution in [-0.4, -0.2) is 114 Å². The molecule has 0 bridgehead atoms. The molecule has 0 amide bonds. The van der Waals surface area contributed by atoms with Crippen LogP contribution in [0.4, 0.5) is 4.79 Å². The van der Waals surface area contributed by atoms with Crippen molar-refractivity contribution in [3.8, 4) is 0 Å². The number of rotatable bonds is 12. The largest absolute Gasteiger partial charge is 0.509 e. The summed E-state index contributed by atoms with van der Waals surface area (Å²) in [7, 11) is 5.45. The molecule has 65 heavy (non-hydrogen) atoms. The normalized spacial score (nSPS) is 35.6. The van der Waals surface area contributed by atoms with E-state index in [1.165, 1.54) is 0 Å². The summed E-state index contributed by atoms with van der Waals surface area (Å²) >= 11 is 6.50. The van der Waals surface area contributed by atoms with Crippen LogP contribution >= 0.6 is 11.6 Å². The Bertz CT molecular complexity index is 2160. The lowest BCUT2D eigenvalue weighted by Gasteiger charge is -2.48. The van der Waals surface area contributed by atoms with Gasteiger partial charge in [0.25, 0.3) is 0 Å². The van der Waals surface area contributed by atoms with E-state index in [1.807, 2.05) is 115 Å². The summed E-state index contributed by atoms with van der Waals surface area (Å²) in [6, 6.07) is 17.1. The quantitative estimate of drug-likeness (QED) is 0.105. The average Bonchev–Trinajstić information content (AvgIpc) is 3.60. The highest BCUT2D eigenvalue weighted by Crippen LogP contribution is 2.43. The van der Waals surface area contributed by atoms with E-state index in [0.29, 0.717) is 36.4 Å². The highest BCUT2D eigenvalue weighted by molar-refractivity contribution is 6.31. The molecule has 3 aliphatic heterocycles. The van der Waals surface area contributed by atoms with Gasteiger partial charge >= 0.3 is 12.1 Å². The van der Waals surface area contributed by atoms with Gasteiger partial charge in [-0.25, -0.2) is 4.79 Å². The number of methoxy groups -OCH3 is 1. The van der Waals surface area contributed by atoms with Crippen LogP contribution in [-0.2, 0) is 55.8 Å². The number of esters is 1. The molecule has 3 saturated heterocycles. The van der Waals surface area contributed by atoms with Crippen LogP contribution in [0.1, 0.15) is 85.8 Å². The Hall–Kier alpha value is -4.31. The number of carbonyl (C=O) groups excluding carboxylic acids is 2. The van der Waals surface area contributed by atoms with Crippen molar-refractivity contribution in [2.45, 2.75) is 148 Å². The number of aliphatic hydroxyl groups is 1. The zero-order chi connectivity index (χ0) is 47.2. The summed E-state index contributed by atoms with van der Waals surface area (Å²) in [5.74, 6) is -3.10. The topological polar surface area (TPSA) is 157 Å². The fourth-order valence-electron chi connectivity index (χ4n) is 9.97. The van der Waals surface area contributed by atoms with Crippen LogP contribution in [0.25, 0.3) is 10.9 Å². The molecule has 356 valence electrons. The molecule has 4 heterocycles. The first-order valence-corrected chi connectivity index (χ1v) is 23.2. The van der Waals surface area contributed by atoms with E-state index in [-0.39, 0.29) is 18.8 Å². The zero-order valence-corrected chi connectivity index (χ0v) is 40.4. The van der Waals surface area contributed by atoms with Crippen LogP contribution in [0, 0.1) is 23.7 Å². The van der Waals surface area contributed by atoms with Crippen LogP contribution < -0.4 is 0 Å². The lowest BCUT2D eigenvalue weighted by atomic mass is 9.73. The summed E-state index contributed by atoms with van der Waals surface area (Å²) in [6.45, 7) is 15.1. The van der Waals surface area contributed by atoms with Crippen molar-refractivity contribution in [1.29, 1.82) is 0 Å². The van der Waals surface area contributed by atoms with Gasteiger partial charge < -0.3 is 48.0 Å². The second-order valence-electron chi connectivity index (χ2n) is 18.7. The third-order valence-electron chi connectivity index (χ3n) is 13.7. The van der Waals surface area contributed by atoms with Crippen molar-refractivity contribution in [3.05, 3.63) is 89.3 Å². The highest BCUT2D eigenvalue weighted by Gasteiger charge is 2.59. The molecule has 3 fully saturated rings. The Morgan fingerprint density at radius 1 is 1.02 bits per heavy atom. The van der Waals surface area contributed by atoms with Crippen LogP contribution in [0.2, 0.25) is 5.02 Å². The van der Waals surface area contributed by atoms with E-state index in [0.717, 1.165) is 22.0 Å². The van der Waals surface area contributed by atoms with E-state index in [1.54, 1.807) is 33.3 Å². The van der Waals surface area contributed by atoms with Gasteiger partial charge in [-0.15, -0.1) is 0 Å². The van der Waals surface area contributed by atoms with Gasteiger partial charge in [0.15, 0.2) is 18.0 Å². The second kappa shape index (κ2) is 21.5. The number of oxime groups is 1. The van der Waals surface area contributed by atoms with Crippen molar-refractivity contribution in [3.63, 3.8) is 0 Å². The number of aliphatic hydroxyl groups excluding tert-OH is 1. The standard InChI is InChI=1S/C50H68ClN3O11/c1-12-40-50(8)45(64-48(57)65-50)31(4)41(53-60-28-36-20-13-15-21-37(36)51)29(2)26-49(7,58-11)44(63-47-42(55)39(54(9)10)24-30(3)61-47)32(5)43(33(6)46(56)62-40)59-23-17-18-34-25-35-19-14-16-22-38(35)52-27-34/h13-17,19-23,25,27,29-33,39-40,42-45,47,55H,12,18,24,26,28H2,1-11H3/b23-17-,53-41+/t29-,30+,31+,32+,33-,39-,40-,42+,43+,44-,45+,47+,49-,50-/m1/s1. The van der Waals surface area contributed by atoms with Crippen molar-refractivity contribution in [1.82, 2.24) is 9.88 Å². The molecule has 6 rings (SSSR count). The van der Waals surface area contributed by atoms with Gasteiger partial charge in [-0.3, -0.25) is 9.78 Å². The Morgan fingerprint density at radius 2 is 1.74 bits per heavy atom. The van der Waals surface area contributed by atoms with E-state index < -0.39 is 83.8 Å². The molecule has 0 saturated carbocycles. The number of hydrogen-bond donors (Lipinski definition) is 1. The van der Waals surface area contributed by atoms with E-state index in [4.69, 9.17) is 54.8 Å². The van der Waals surface area contributed by atoms with Gasteiger partial charge in [-0.05, 0) is 97.3 Å². The number of aromatic nitrogens is 1. The van der Waals surface area contributed by atoms with Crippen molar-refractivity contribution in [2.24, 2.45) is 28.8 Å². The maximum Gasteiger partial charge on any atom is 0.509 e. The number of fused-ring (bicyclic) bond motifs is 2. The van der Waals surface area contributed by atoms with Gasteiger partial charge in [0, 0.05) is 53.1 Å². The SMILES string of the molecule is CC[C@H]1OC(=O)[C@H](C)[C@@H](O/C=C\Cc2cnc3ccccc3c2)[C@H](C)[C@@H](O[C@@H]2O[C@@H](C)C[C@@H](N(C)C)[C@@H]2O)[C@](C)(OC)C[C@@H](C)/C(=N\OCc2ccccc2Cl)[C@H](C)[C@@H]2OC(=O)O[C@]12C. The number of cyclic esters (lactones) is 1. The van der Waals surface area contributed by atoms with Gasteiger partial charge in [0.05, 0.1) is 41.2 Å². The molecule has 0 radical (unpaired) electrons. The van der Waals surface area contributed by atoms with E-state index in [2.05, 4.69) is 11.1 Å². The molecule has 2 aromatic carbocycles. The molecular formula is C50H68ClN3O11. The third kappa shape index (κ3) is 11.3. The fraction of sp³-hybridized carbons (Fsp3) is 0.600. The third-order valence-corrected chi connectivity index (χ3v) is 14.0. The number of benzene rings is 2. The maximum absolute atomic E-state index is 14.6. The smallest absolute Gasteiger partial charge is 0.497 e. The van der Waals surface area contributed by atoms with E-state index in [9.17, 15) is 14.7 Å². The van der Waals surface area contributed by atoms with Crippen LogP contribution in [0.3, 0.4) is 0 Å². The molecule has 1 aromatic heterocycles. The lowest BCUT2D eigenvalue weighted by molar-refractivity contribution is -0.301. The number of allylic oxidation sites excluding steroid dienone is 1. The summed E-state index contributed by atoms with van der Waals surface area (Å²) in [6.07, 6.45) is 0.220. The minimum Gasteiger partial charge on any atom is -0.497 e. The van der Waals surface area contributed by atoms with Crippen LogP contribution in [0.15, 0.2) is 78.3 Å². The van der Waals surface area contributed by atoms with Gasteiger partial charge in [-0.1, -0.05) is 80.8 Å². The molecule has 3 aromatic rings. The number of hydrogen-bond acceptors (Lipinski definition) is 14. The number of nitrogens with zero attached hydrogens (tertiary/aromatic N) is 3. The molecule has 0 unspecified atom stereocenters. The highest BCUT2D eigenvalue weighted by atomic mass is 35.5. The number of carbonyl (C=O) groups is 2. The molecule has 0 spiro atoms. The monoisotopic (exact) mass is 921 g/mol. The number of ether oxygens (including phenoxy) is 7. The number of pyridine rings is 1. The zero-order valence-electron chi connectivity index (χ0n) is 39.6. The van der Waals surface area contributed by atoms with Gasteiger partial charge in [-0.2, -0.15) is 0 Å². The predicted octanol–water partition coefficient (Wildman–Crippen LogP) is 8.68. The van der Waals surface area contributed by atoms with Crippen molar-refractivity contribution in [2.75, 3.05) is 21.2 Å². The lowest BCUT2D eigenvalue weighted by Crippen LogP contribution is -2.60. The number of halogens is 1. The van der Waals surface area contributed by atoms with Crippen molar-refractivity contribution < 1.29 is 52.7 Å². The molecule has 1 N–H and O–H groups in total. The number of likely N-dealkylation sites (N-methyl/N-ethyl adjacent to an activating group) is 1. The minimum atomic E-state index is -1.41. The Balaban J connectivity index is 1.44. The predicted molar refractivity (Wildman–Crippen MR) is 247 cm³/mol. The maximum atomic E-state index is 14.6. The fourth-order valence-corrected chi connectivity index (χ4v) is 10.2. The van der Waals surface area contributed by atoms with Crippen molar-refractivity contribution >= 4 is 40.3 Å². The first-order valence-electron chi connectivity index (χ1n) is 22.8. The molecule has 3 aliphatic rings. The average molecular weight is 923 g/mol. The summed E-state index contributed by atoms with van der Waals surface area (Å²) in [4.78, 5) is 40.4. The van der Waals surface area contributed by atoms with Gasteiger partial charge in [0.1, 0.15) is 24.9 Å². The summed E-state index contributed by atoms with van der Waals surface area (Å²) < 4.78 is 44.9. The Morgan fingerprint density at radius 3 is 2.45 bits per heavy atom. The summed E-state index contributed by atoms with van der Waals surface area (Å²) in [5, 5.41) is 18.2. The first-order chi connectivity index (χ1) is 30.9. The van der Waals surface area contributed by atoms with Crippen LogP contribution in [0.5, 0.6) is 0 Å². The van der Waals surface area contributed by atoms with Gasteiger partial charge in [0.2, 0.25) is 0 Å². The first kappa shape index (κ1) is 50.1. The minimum absolute atomic E-state index is 0.0737. The molecule has 15 heteroatoms. The molecule has 14 nitrogen and oxygen atoms in total. The Labute approximate surface area is 388 Å². The number of para-hydroxylation sites is 1. The van der Waals surface area contributed by atoms with E-state index >= 15 is 0 Å².